The lowest BCUT2D eigenvalue weighted by molar-refractivity contribution is -0.000731. The van der Waals surface area contributed by atoms with Crippen molar-refractivity contribution in [2.45, 2.75) is 50.6 Å². The van der Waals surface area contributed by atoms with Gasteiger partial charge in [-0.05, 0) is 18.1 Å². The third kappa shape index (κ3) is 2.87. The van der Waals surface area contributed by atoms with Crippen LogP contribution >= 0.6 is 0 Å². The molecule has 2 aliphatic heterocycles. The van der Waals surface area contributed by atoms with Crippen LogP contribution in [0.3, 0.4) is 0 Å². The molecule has 15 heavy (non-hydrogen) atoms. The maximum absolute atomic E-state index is 5.76. The van der Waals surface area contributed by atoms with Gasteiger partial charge < -0.3 is 9.47 Å². The first-order chi connectivity index (χ1) is 7.40. The number of rotatable bonds is 2. The van der Waals surface area contributed by atoms with Gasteiger partial charge in [-0.2, -0.15) is 0 Å². The maximum atomic E-state index is 5.76. The molecule has 0 radical (unpaired) electrons. The zero-order chi connectivity index (χ0) is 10.5. The summed E-state index contributed by atoms with van der Waals surface area (Å²) >= 11 is 0. The molecule has 1 saturated heterocycles. The first kappa shape index (κ1) is 10.8. The highest BCUT2D eigenvalue weighted by molar-refractivity contribution is 6.60. The van der Waals surface area contributed by atoms with Gasteiger partial charge in [0.1, 0.15) is 8.80 Å². The Hall–Kier alpha value is -0.703. The van der Waals surface area contributed by atoms with Gasteiger partial charge in [0, 0.05) is 0 Å². The summed E-state index contributed by atoms with van der Waals surface area (Å²) in [5.41, 5.74) is 1.22. The zero-order valence-corrected chi connectivity index (χ0v) is 10.6. The number of allylic oxidation sites excluding steroid dienone is 2. The molecule has 0 saturated carbocycles. The van der Waals surface area contributed by atoms with Crippen LogP contribution in [0.1, 0.15) is 32.6 Å². The molecule has 84 valence electrons. The SMILES string of the molecule is CCC1=COC([SiH]2CCCCC2)OC=C1. The Bertz CT molecular complexity index is 254. The van der Waals surface area contributed by atoms with Gasteiger partial charge in [0.15, 0.2) is 0 Å². The fraction of sp³-hybridized carbons (Fsp3) is 0.667. The molecule has 2 nitrogen and oxygen atoms in total. The summed E-state index contributed by atoms with van der Waals surface area (Å²) < 4.78 is 11.4. The van der Waals surface area contributed by atoms with Gasteiger partial charge in [0.2, 0.25) is 5.91 Å². The molecule has 0 N–H and O–H groups in total. The minimum absolute atomic E-state index is 0.0885. The van der Waals surface area contributed by atoms with Gasteiger partial charge in [0.25, 0.3) is 0 Å². The normalized spacial score (nSPS) is 27.5. The minimum Gasteiger partial charge on any atom is -0.467 e. The van der Waals surface area contributed by atoms with Gasteiger partial charge in [-0.25, -0.2) is 0 Å². The van der Waals surface area contributed by atoms with Crippen molar-refractivity contribution < 1.29 is 9.47 Å². The highest BCUT2D eigenvalue weighted by Gasteiger charge is 2.27. The van der Waals surface area contributed by atoms with Gasteiger partial charge in [-0.1, -0.05) is 38.3 Å². The molecule has 1 fully saturated rings. The van der Waals surface area contributed by atoms with E-state index in [0.717, 1.165) is 6.42 Å². The van der Waals surface area contributed by atoms with E-state index in [4.69, 9.17) is 9.47 Å². The molecule has 0 bridgehead atoms. The predicted molar refractivity (Wildman–Crippen MR) is 64.1 cm³/mol. The summed E-state index contributed by atoms with van der Waals surface area (Å²) in [6.45, 7) is 2.14. The van der Waals surface area contributed by atoms with Crippen LogP contribution in [0.5, 0.6) is 0 Å². The molecule has 0 aliphatic carbocycles. The molecule has 2 rings (SSSR count). The highest BCUT2D eigenvalue weighted by Crippen LogP contribution is 2.24. The van der Waals surface area contributed by atoms with Crippen LogP contribution in [0.2, 0.25) is 12.1 Å². The Kier molecular flexibility index (Phi) is 3.89. The molecule has 1 atom stereocenters. The number of hydrogen-bond donors (Lipinski definition) is 0. The largest absolute Gasteiger partial charge is 0.467 e. The van der Waals surface area contributed by atoms with Crippen LogP contribution in [0.15, 0.2) is 24.2 Å². The first-order valence-electron chi connectivity index (χ1n) is 6.06. The van der Waals surface area contributed by atoms with Crippen molar-refractivity contribution >= 4 is 8.80 Å². The van der Waals surface area contributed by atoms with E-state index in [2.05, 4.69) is 6.92 Å². The second-order valence-corrected chi connectivity index (χ2v) is 7.61. The Morgan fingerprint density at radius 1 is 1.27 bits per heavy atom. The molecule has 2 heterocycles. The second kappa shape index (κ2) is 5.40. The average molecular weight is 224 g/mol. The Balaban J connectivity index is 1.93. The molecule has 0 aromatic carbocycles. The lowest BCUT2D eigenvalue weighted by Crippen LogP contribution is -2.34. The molecule has 0 aromatic heterocycles. The van der Waals surface area contributed by atoms with Crippen LogP contribution in [0, 0.1) is 0 Å². The molecule has 3 heteroatoms. The van der Waals surface area contributed by atoms with Crippen LogP contribution in [-0.2, 0) is 9.47 Å². The molecule has 2 aliphatic rings. The van der Waals surface area contributed by atoms with Gasteiger partial charge in [-0.15, -0.1) is 0 Å². The molecule has 0 aromatic rings. The van der Waals surface area contributed by atoms with Crippen LogP contribution in [0.4, 0.5) is 0 Å². The summed E-state index contributed by atoms with van der Waals surface area (Å²) in [5.74, 6) is 0.0885. The quantitative estimate of drug-likeness (QED) is 0.671. The van der Waals surface area contributed by atoms with Crippen molar-refractivity contribution in [3.8, 4) is 0 Å². The van der Waals surface area contributed by atoms with Crippen molar-refractivity contribution in [3.63, 3.8) is 0 Å². The van der Waals surface area contributed by atoms with Crippen LogP contribution in [-0.4, -0.2) is 14.7 Å². The van der Waals surface area contributed by atoms with Crippen molar-refractivity contribution in [3.05, 3.63) is 24.2 Å². The summed E-state index contributed by atoms with van der Waals surface area (Å²) in [5, 5.41) is 0. The van der Waals surface area contributed by atoms with E-state index in [1.54, 1.807) is 0 Å². The molecule has 0 spiro atoms. The molecular formula is C12H20O2Si. The zero-order valence-electron chi connectivity index (χ0n) is 9.45. The average Bonchev–Trinajstić information content (AvgIpc) is 2.55. The third-order valence-corrected chi connectivity index (χ3v) is 6.68. The number of ether oxygens (including phenoxy) is 2. The fourth-order valence-electron chi connectivity index (χ4n) is 2.26. The summed E-state index contributed by atoms with van der Waals surface area (Å²) in [4.78, 5) is 0. The number of hydrogen-bond acceptors (Lipinski definition) is 2. The van der Waals surface area contributed by atoms with E-state index in [1.807, 2.05) is 18.6 Å². The van der Waals surface area contributed by atoms with E-state index in [9.17, 15) is 0 Å². The Morgan fingerprint density at radius 3 is 2.80 bits per heavy atom. The summed E-state index contributed by atoms with van der Waals surface area (Å²) in [6.07, 6.45) is 10.9. The van der Waals surface area contributed by atoms with E-state index >= 15 is 0 Å². The van der Waals surface area contributed by atoms with Gasteiger partial charge >= 0.3 is 0 Å². The third-order valence-electron chi connectivity index (χ3n) is 3.29. The highest BCUT2D eigenvalue weighted by atomic mass is 28.3. The standard InChI is InChI=1S/C12H20O2Si/c1-2-11-6-7-13-12(14-10-11)15-8-4-3-5-9-15/h6-7,10,12,15H,2-5,8-9H2,1H3. The topological polar surface area (TPSA) is 18.5 Å². The fourth-order valence-corrected chi connectivity index (χ4v) is 5.33. The van der Waals surface area contributed by atoms with Crippen molar-refractivity contribution in [2.24, 2.45) is 0 Å². The summed E-state index contributed by atoms with van der Waals surface area (Å²) in [7, 11) is -0.815. The van der Waals surface area contributed by atoms with E-state index in [1.165, 1.54) is 36.9 Å². The summed E-state index contributed by atoms with van der Waals surface area (Å²) in [6, 6.07) is 2.77. The van der Waals surface area contributed by atoms with Crippen molar-refractivity contribution in [1.82, 2.24) is 0 Å². The van der Waals surface area contributed by atoms with E-state index < -0.39 is 8.80 Å². The maximum Gasteiger partial charge on any atom is 0.214 e. The van der Waals surface area contributed by atoms with Crippen LogP contribution < -0.4 is 0 Å². The molecule has 1 unspecified atom stereocenters. The minimum atomic E-state index is -0.815. The van der Waals surface area contributed by atoms with Crippen molar-refractivity contribution in [1.29, 1.82) is 0 Å². The Morgan fingerprint density at radius 2 is 2.07 bits per heavy atom. The van der Waals surface area contributed by atoms with E-state index in [0.29, 0.717) is 0 Å². The lowest BCUT2D eigenvalue weighted by Gasteiger charge is -2.26. The van der Waals surface area contributed by atoms with Crippen molar-refractivity contribution in [2.75, 3.05) is 0 Å². The monoisotopic (exact) mass is 224 g/mol. The predicted octanol–water partition coefficient (Wildman–Crippen LogP) is 3.12. The molecular weight excluding hydrogens is 204 g/mol. The molecule has 0 amide bonds. The second-order valence-electron chi connectivity index (χ2n) is 4.39. The van der Waals surface area contributed by atoms with E-state index in [-0.39, 0.29) is 5.91 Å². The van der Waals surface area contributed by atoms with Gasteiger partial charge in [0.05, 0.1) is 12.5 Å². The smallest absolute Gasteiger partial charge is 0.214 e. The first-order valence-corrected chi connectivity index (χ1v) is 8.36. The lowest BCUT2D eigenvalue weighted by atomic mass is 10.2. The van der Waals surface area contributed by atoms with Crippen LogP contribution in [0.25, 0.3) is 0 Å². The Labute approximate surface area is 93.6 Å². The van der Waals surface area contributed by atoms with Gasteiger partial charge in [-0.3, -0.25) is 0 Å².